The second-order valence-electron chi connectivity index (χ2n) is 18.1. The number of benzene rings is 9. The van der Waals surface area contributed by atoms with Crippen LogP contribution < -0.4 is 4.90 Å². The van der Waals surface area contributed by atoms with Crippen LogP contribution in [0.2, 0.25) is 0 Å². The van der Waals surface area contributed by atoms with E-state index in [2.05, 4.69) is 221 Å². The molecule has 2 aliphatic rings. The summed E-state index contributed by atoms with van der Waals surface area (Å²) in [4.78, 5) is 2.40. The van der Waals surface area contributed by atoms with Gasteiger partial charge < -0.3 is 9.32 Å². The predicted octanol–water partition coefficient (Wildman–Crippen LogP) is 16.7. The first-order chi connectivity index (χ1) is 30.2. The number of fused-ring (bicyclic) bond motifs is 9. The molecule has 0 fully saturated rings. The third kappa shape index (κ3) is 5.49. The Balaban J connectivity index is 1.03. The van der Waals surface area contributed by atoms with Gasteiger partial charge in [0.25, 0.3) is 0 Å². The van der Waals surface area contributed by atoms with Gasteiger partial charge in [0.15, 0.2) is 0 Å². The zero-order chi connectivity index (χ0) is 41.7. The van der Waals surface area contributed by atoms with Gasteiger partial charge in [0.1, 0.15) is 11.2 Å². The molecule has 0 unspecified atom stereocenters. The van der Waals surface area contributed by atoms with Crippen molar-refractivity contribution in [2.75, 3.05) is 4.90 Å². The van der Waals surface area contributed by atoms with E-state index in [1.54, 1.807) is 0 Å². The van der Waals surface area contributed by atoms with Crippen LogP contribution >= 0.6 is 0 Å². The first kappa shape index (κ1) is 36.4. The Morgan fingerprint density at radius 1 is 0.323 bits per heavy atom. The van der Waals surface area contributed by atoms with Crippen LogP contribution in [0.5, 0.6) is 0 Å². The fourth-order valence-electron chi connectivity index (χ4n) is 10.6. The summed E-state index contributed by atoms with van der Waals surface area (Å²) in [5.74, 6) is 0. The summed E-state index contributed by atoms with van der Waals surface area (Å²) in [6, 6.07) is 73.7. The Morgan fingerprint density at radius 3 is 1.44 bits per heavy atom. The third-order valence-corrected chi connectivity index (χ3v) is 13.9. The van der Waals surface area contributed by atoms with Crippen LogP contribution in [-0.2, 0) is 10.8 Å². The average molecular weight is 796 g/mol. The summed E-state index contributed by atoms with van der Waals surface area (Å²) >= 11 is 0. The second-order valence-corrected chi connectivity index (χ2v) is 18.1. The summed E-state index contributed by atoms with van der Waals surface area (Å²) in [5, 5.41) is 2.27. The third-order valence-electron chi connectivity index (χ3n) is 13.9. The van der Waals surface area contributed by atoms with Crippen molar-refractivity contribution < 1.29 is 4.42 Å². The minimum absolute atomic E-state index is 0.104. The maximum atomic E-state index is 6.47. The molecular formula is C60H45NO. The van der Waals surface area contributed by atoms with E-state index in [-0.39, 0.29) is 10.8 Å². The Labute approximate surface area is 363 Å². The number of furan rings is 1. The molecule has 12 rings (SSSR count). The number of hydrogen-bond donors (Lipinski definition) is 0. The molecule has 0 saturated heterocycles. The fraction of sp³-hybridized carbons (Fsp3) is 0.100. The van der Waals surface area contributed by atoms with E-state index in [1.165, 1.54) is 66.8 Å². The SMILES string of the molecule is CC1(C)c2ccccc2-c2ccc(-c3cc(-c4ccc5c(c4)C(C)(C)c4ccccc4-5)cc(N(c4ccccc4)c4ccc(-c5cccc6c5oc5ccccc56)cc4)c3)cc21. The lowest BCUT2D eigenvalue weighted by Gasteiger charge is -2.27. The van der Waals surface area contributed by atoms with E-state index < -0.39 is 0 Å². The van der Waals surface area contributed by atoms with Crippen LogP contribution in [-0.4, -0.2) is 0 Å². The molecule has 2 nitrogen and oxygen atoms in total. The molecule has 2 heteroatoms. The van der Waals surface area contributed by atoms with E-state index in [9.17, 15) is 0 Å². The Morgan fingerprint density at radius 2 is 0.806 bits per heavy atom. The van der Waals surface area contributed by atoms with Gasteiger partial charge in [-0.25, -0.2) is 0 Å². The number of nitrogens with zero attached hydrogens (tertiary/aromatic N) is 1. The zero-order valence-corrected chi connectivity index (χ0v) is 35.4. The van der Waals surface area contributed by atoms with Crippen molar-refractivity contribution in [2.45, 2.75) is 38.5 Å². The average Bonchev–Trinajstić information content (AvgIpc) is 3.89. The normalized spacial score (nSPS) is 14.1. The van der Waals surface area contributed by atoms with Crippen molar-refractivity contribution in [3.8, 4) is 55.6 Å². The van der Waals surface area contributed by atoms with Gasteiger partial charge in [0.05, 0.1) is 0 Å². The van der Waals surface area contributed by atoms with E-state index in [0.29, 0.717) is 0 Å². The molecule has 2 aliphatic carbocycles. The van der Waals surface area contributed by atoms with Crippen molar-refractivity contribution >= 4 is 39.0 Å². The molecule has 0 N–H and O–H groups in total. The van der Waals surface area contributed by atoms with E-state index >= 15 is 0 Å². The van der Waals surface area contributed by atoms with E-state index in [0.717, 1.165) is 50.1 Å². The van der Waals surface area contributed by atoms with Crippen molar-refractivity contribution in [1.82, 2.24) is 0 Å². The maximum Gasteiger partial charge on any atom is 0.143 e. The lowest BCUT2D eigenvalue weighted by atomic mass is 9.81. The molecule has 0 bridgehead atoms. The number of para-hydroxylation sites is 3. The van der Waals surface area contributed by atoms with Gasteiger partial charge in [-0.2, -0.15) is 0 Å². The molecule has 0 spiro atoms. The molecule has 0 atom stereocenters. The van der Waals surface area contributed by atoms with E-state index in [4.69, 9.17) is 4.42 Å². The van der Waals surface area contributed by atoms with Crippen LogP contribution in [0.4, 0.5) is 17.1 Å². The van der Waals surface area contributed by atoms with Gasteiger partial charge in [-0.1, -0.05) is 167 Å². The van der Waals surface area contributed by atoms with Crippen LogP contribution in [0.3, 0.4) is 0 Å². The van der Waals surface area contributed by atoms with E-state index in [1.807, 2.05) is 12.1 Å². The number of anilines is 3. The number of rotatable bonds is 6. The lowest BCUT2D eigenvalue weighted by Crippen LogP contribution is -2.15. The summed E-state index contributed by atoms with van der Waals surface area (Å²) in [7, 11) is 0. The Hall–Kier alpha value is -7.42. The molecule has 0 amide bonds. The van der Waals surface area contributed by atoms with Crippen LogP contribution in [0.1, 0.15) is 49.9 Å². The smallest absolute Gasteiger partial charge is 0.143 e. The Bertz CT molecular complexity index is 3280. The molecular weight excluding hydrogens is 751 g/mol. The van der Waals surface area contributed by atoms with Crippen molar-refractivity contribution in [2.24, 2.45) is 0 Å². The second kappa shape index (κ2) is 13.5. The predicted molar refractivity (Wildman–Crippen MR) is 260 cm³/mol. The fourth-order valence-corrected chi connectivity index (χ4v) is 10.6. The van der Waals surface area contributed by atoms with Gasteiger partial charge >= 0.3 is 0 Å². The van der Waals surface area contributed by atoms with Crippen LogP contribution in [0, 0.1) is 0 Å². The monoisotopic (exact) mass is 795 g/mol. The summed E-state index contributed by atoms with van der Waals surface area (Å²) < 4.78 is 6.47. The highest BCUT2D eigenvalue weighted by Crippen LogP contribution is 2.52. The van der Waals surface area contributed by atoms with Gasteiger partial charge in [-0.15, -0.1) is 0 Å². The first-order valence-electron chi connectivity index (χ1n) is 21.7. The summed E-state index contributed by atoms with van der Waals surface area (Å²) in [5.41, 5.74) is 22.7. The van der Waals surface area contributed by atoms with Crippen molar-refractivity contribution in [1.29, 1.82) is 0 Å². The minimum atomic E-state index is -0.104. The zero-order valence-electron chi connectivity index (χ0n) is 35.4. The molecule has 0 saturated carbocycles. The van der Waals surface area contributed by atoms with Crippen molar-refractivity contribution in [3.63, 3.8) is 0 Å². The van der Waals surface area contributed by atoms with Gasteiger partial charge in [-0.3, -0.25) is 0 Å². The molecule has 10 aromatic rings. The molecule has 0 radical (unpaired) electrons. The molecule has 296 valence electrons. The van der Waals surface area contributed by atoms with Gasteiger partial charge in [-0.05, 0) is 133 Å². The van der Waals surface area contributed by atoms with Gasteiger partial charge in [0.2, 0.25) is 0 Å². The summed E-state index contributed by atoms with van der Waals surface area (Å²) in [6.07, 6.45) is 0. The highest BCUT2D eigenvalue weighted by atomic mass is 16.3. The molecule has 1 aromatic heterocycles. The maximum absolute atomic E-state index is 6.47. The molecule has 1 heterocycles. The van der Waals surface area contributed by atoms with Crippen molar-refractivity contribution in [3.05, 3.63) is 222 Å². The lowest BCUT2D eigenvalue weighted by molar-refractivity contribution is 0.660. The van der Waals surface area contributed by atoms with Gasteiger partial charge in [0, 0.05) is 44.2 Å². The Kier molecular flexibility index (Phi) is 7.96. The summed E-state index contributed by atoms with van der Waals surface area (Å²) in [6.45, 7) is 9.46. The molecule has 0 aliphatic heterocycles. The molecule has 9 aromatic carbocycles. The molecule has 62 heavy (non-hydrogen) atoms. The minimum Gasteiger partial charge on any atom is -0.455 e. The van der Waals surface area contributed by atoms with Crippen LogP contribution in [0.15, 0.2) is 205 Å². The quantitative estimate of drug-likeness (QED) is 0.167. The van der Waals surface area contributed by atoms with Crippen LogP contribution in [0.25, 0.3) is 77.6 Å². The highest BCUT2D eigenvalue weighted by Gasteiger charge is 2.36. The first-order valence-corrected chi connectivity index (χ1v) is 21.7. The largest absolute Gasteiger partial charge is 0.455 e. The number of hydrogen-bond acceptors (Lipinski definition) is 2. The standard InChI is InChI=1S/C60H45NO/c1-59(2)53-22-11-8-17-47(53)49-31-27-39(36-55(49)59)41-33-42(40-28-32-50-48-18-9-12-23-54(48)60(3,4)56(50)37-40)35-45(34-41)61(43-15-6-5-7-16-43)44-29-25-38(26-30-44)46-20-14-21-52-51-19-10-13-24-57(51)62-58(46)52/h5-37H,1-4H3. The topological polar surface area (TPSA) is 16.4 Å². The highest BCUT2D eigenvalue weighted by molar-refractivity contribution is 6.09.